The van der Waals surface area contributed by atoms with Crippen LogP contribution in [0.4, 0.5) is 0 Å². The first-order chi connectivity index (χ1) is 11.1. The van der Waals surface area contributed by atoms with Crippen molar-refractivity contribution in [2.75, 3.05) is 7.11 Å². The van der Waals surface area contributed by atoms with Crippen molar-refractivity contribution in [1.29, 1.82) is 0 Å². The lowest BCUT2D eigenvalue weighted by molar-refractivity contribution is 0.397. The smallest absolute Gasteiger partial charge is 0.296 e. The highest BCUT2D eigenvalue weighted by Gasteiger charge is 2.26. The number of oxazole rings is 1. The van der Waals surface area contributed by atoms with Gasteiger partial charge >= 0.3 is 0 Å². The fourth-order valence-electron chi connectivity index (χ4n) is 2.38. The molecule has 1 aliphatic rings. The molecule has 0 saturated heterocycles. The number of methoxy groups -OCH3 is 1. The molecular weight excluding hydrogens is 316 g/mol. The third kappa shape index (κ3) is 2.74. The van der Waals surface area contributed by atoms with Crippen molar-refractivity contribution >= 4 is 11.3 Å². The molecule has 0 atom stereocenters. The molecule has 3 aromatic heterocycles. The molecule has 4 rings (SSSR count). The Morgan fingerprint density at radius 3 is 2.74 bits per heavy atom. The number of thiazole rings is 1. The molecule has 1 aliphatic carbocycles. The van der Waals surface area contributed by atoms with Gasteiger partial charge in [-0.15, -0.1) is 11.3 Å². The highest BCUT2D eigenvalue weighted by Crippen LogP contribution is 2.35. The summed E-state index contributed by atoms with van der Waals surface area (Å²) in [5.74, 6) is 3.34. The van der Waals surface area contributed by atoms with Crippen molar-refractivity contribution < 1.29 is 13.7 Å². The average Bonchev–Trinajstić information content (AvgIpc) is 2.94. The van der Waals surface area contributed by atoms with Crippen LogP contribution in [0.25, 0.3) is 22.5 Å². The summed E-state index contributed by atoms with van der Waals surface area (Å²) in [6.45, 7) is 3.82. The average molecular weight is 332 g/mol. The Hall–Kier alpha value is -2.22. The number of hydrogen-bond donors (Lipinski definition) is 0. The minimum absolute atomic E-state index is 0.332. The molecule has 0 N–H and O–H groups in total. The zero-order valence-electron chi connectivity index (χ0n) is 13.1. The molecule has 0 aliphatic heterocycles. The maximum Gasteiger partial charge on any atom is 0.296 e. The minimum Gasteiger partial charge on any atom is -0.480 e. The van der Waals surface area contributed by atoms with Crippen molar-refractivity contribution in [3.63, 3.8) is 0 Å². The van der Waals surface area contributed by atoms with Gasteiger partial charge in [0.15, 0.2) is 10.9 Å². The van der Waals surface area contributed by atoms with Crippen LogP contribution in [0.15, 0.2) is 8.94 Å². The summed E-state index contributed by atoms with van der Waals surface area (Å²) < 4.78 is 16.3. The Bertz CT molecular complexity index is 847. The van der Waals surface area contributed by atoms with Crippen LogP contribution in [0, 0.1) is 19.8 Å². The molecule has 0 bridgehead atoms. The largest absolute Gasteiger partial charge is 0.480 e. The van der Waals surface area contributed by atoms with Gasteiger partial charge in [0.2, 0.25) is 17.5 Å². The van der Waals surface area contributed by atoms with Crippen LogP contribution in [0.1, 0.15) is 29.3 Å². The summed E-state index contributed by atoms with van der Waals surface area (Å²) in [6.07, 6.45) is 3.39. The summed E-state index contributed by atoms with van der Waals surface area (Å²) in [7, 11) is 1.59. The number of hydrogen-bond acceptors (Lipinski definition) is 8. The van der Waals surface area contributed by atoms with Gasteiger partial charge in [-0.05, 0) is 32.6 Å². The van der Waals surface area contributed by atoms with Gasteiger partial charge in [0.05, 0.1) is 17.7 Å². The van der Waals surface area contributed by atoms with Crippen molar-refractivity contribution in [3.05, 3.63) is 16.5 Å². The van der Waals surface area contributed by atoms with Crippen molar-refractivity contribution in [2.45, 2.75) is 33.1 Å². The maximum absolute atomic E-state index is 5.80. The first-order valence-electron chi connectivity index (χ1n) is 7.46. The van der Waals surface area contributed by atoms with E-state index < -0.39 is 0 Å². The van der Waals surface area contributed by atoms with E-state index in [1.54, 1.807) is 7.11 Å². The second-order valence-electron chi connectivity index (χ2n) is 5.68. The van der Waals surface area contributed by atoms with E-state index in [2.05, 4.69) is 20.1 Å². The number of rotatable bonds is 5. The van der Waals surface area contributed by atoms with Crippen LogP contribution in [0.5, 0.6) is 5.88 Å². The lowest BCUT2D eigenvalue weighted by atomic mass is 10.3. The third-order valence-electron chi connectivity index (χ3n) is 3.76. The van der Waals surface area contributed by atoms with E-state index in [4.69, 9.17) is 13.7 Å². The summed E-state index contributed by atoms with van der Waals surface area (Å²) in [6, 6.07) is 0. The molecule has 0 radical (unpaired) electrons. The van der Waals surface area contributed by atoms with Crippen molar-refractivity contribution in [3.8, 4) is 28.4 Å². The monoisotopic (exact) mass is 332 g/mol. The van der Waals surface area contributed by atoms with Gasteiger partial charge < -0.3 is 13.7 Å². The van der Waals surface area contributed by atoms with E-state index in [-0.39, 0.29) is 0 Å². The van der Waals surface area contributed by atoms with Gasteiger partial charge in [-0.3, -0.25) is 0 Å². The molecule has 1 saturated carbocycles. The number of nitrogens with zero attached hydrogens (tertiary/aromatic N) is 4. The quantitative estimate of drug-likeness (QED) is 0.707. The van der Waals surface area contributed by atoms with Crippen LogP contribution in [-0.4, -0.2) is 27.2 Å². The van der Waals surface area contributed by atoms with Crippen LogP contribution in [0.3, 0.4) is 0 Å². The van der Waals surface area contributed by atoms with E-state index in [0.717, 1.165) is 22.9 Å². The Labute approximate surface area is 136 Å². The minimum atomic E-state index is 0.332. The normalized spacial score (nSPS) is 14.4. The zero-order chi connectivity index (χ0) is 16.0. The van der Waals surface area contributed by atoms with E-state index in [9.17, 15) is 0 Å². The van der Waals surface area contributed by atoms with Gasteiger partial charge in [0, 0.05) is 6.42 Å². The van der Waals surface area contributed by atoms with E-state index in [1.807, 2.05) is 13.8 Å². The maximum atomic E-state index is 5.80. The van der Waals surface area contributed by atoms with Crippen molar-refractivity contribution in [1.82, 2.24) is 20.1 Å². The molecule has 23 heavy (non-hydrogen) atoms. The van der Waals surface area contributed by atoms with Crippen molar-refractivity contribution in [2.24, 2.45) is 5.92 Å². The molecule has 1 fully saturated rings. The van der Waals surface area contributed by atoms with Gasteiger partial charge in [-0.25, -0.2) is 4.98 Å². The molecule has 0 amide bonds. The Balaban J connectivity index is 1.63. The standard InChI is InChI=1S/C15H16N4O3S/c1-7-11(21-10(16-7)6-9-4-5-9)14-17-12(19-22-14)15-18-13(20-3)8(2)23-15/h9H,4-6H2,1-3H3. The lowest BCUT2D eigenvalue weighted by Crippen LogP contribution is -1.85. The van der Waals surface area contributed by atoms with E-state index >= 15 is 0 Å². The number of ether oxygens (including phenoxy) is 1. The highest BCUT2D eigenvalue weighted by atomic mass is 32.1. The molecule has 120 valence electrons. The first-order valence-corrected chi connectivity index (χ1v) is 8.28. The molecule has 3 heterocycles. The summed E-state index contributed by atoms with van der Waals surface area (Å²) >= 11 is 1.46. The Kier molecular flexibility index (Phi) is 3.41. The van der Waals surface area contributed by atoms with Gasteiger partial charge in [0.1, 0.15) is 0 Å². The highest BCUT2D eigenvalue weighted by molar-refractivity contribution is 7.15. The predicted octanol–water partition coefficient (Wildman–Crippen LogP) is 3.43. The molecule has 0 unspecified atom stereocenters. The second-order valence-corrected chi connectivity index (χ2v) is 6.88. The lowest BCUT2D eigenvalue weighted by Gasteiger charge is -1.91. The molecule has 3 aromatic rings. The number of aromatic nitrogens is 4. The van der Waals surface area contributed by atoms with E-state index in [0.29, 0.717) is 34.3 Å². The van der Waals surface area contributed by atoms with Crippen LogP contribution < -0.4 is 4.74 Å². The van der Waals surface area contributed by atoms with Gasteiger partial charge in [0.25, 0.3) is 5.89 Å². The summed E-state index contributed by atoms with van der Waals surface area (Å²) in [5, 5.41) is 4.65. The number of aryl methyl sites for hydroxylation is 2. The summed E-state index contributed by atoms with van der Waals surface area (Å²) in [5.41, 5.74) is 0.767. The second kappa shape index (κ2) is 5.45. The fraction of sp³-hybridized carbons (Fsp3) is 0.467. The third-order valence-corrected chi connectivity index (χ3v) is 4.71. The fourth-order valence-corrected chi connectivity index (χ4v) is 3.19. The summed E-state index contributed by atoms with van der Waals surface area (Å²) in [4.78, 5) is 14.2. The predicted molar refractivity (Wildman–Crippen MR) is 83.4 cm³/mol. The van der Waals surface area contributed by atoms with Gasteiger partial charge in [-0.2, -0.15) is 9.97 Å². The zero-order valence-corrected chi connectivity index (χ0v) is 13.9. The molecule has 0 spiro atoms. The molecule has 0 aromatic carbocycles. The molecule has 8 heteroatoms. The van der Waals surface area contributed by atoms with Crippen LogP contribution in [0.2, 0.25) is 0 Å². The van der Waals surface area contributed by atoms with Crippen LogP contribution in [-0.2, 0) is 6.42 Å². The van der Waals surface area contributed by atoms with Gasteiger partial charge in [-0.1, -0.05) is 5.16 Å². The first kappa shape index (κ1) is 14.4. The Morgan fingerprint density at radius 2 is 2.04 bits per heavy atom. The Morgan fingerprint density at radius 1 is 1.22 bits per heavy atom. The SMILES string of the molecule is COc1nc(-c2noc(-c3oc(CC4CC4)nc3C)n2)sc1C. The van der Waals surface area contributed by atoms with E-state index in [1.165, 1.54) is 24.2 Å². The molecular formula is C15H16N4O3S. The molecule has 7 nitrogen and oxygen atoms in total. The van der Waals surface area contributed by atoms with Crippen LogP contribution >= 0.6 is 11.3 Å². The topological polar surface area (TPSA) is 87.1 Å².